The summed E-state index contributed by atoms with van der Waals surface area (Å²) in [5.41, 5.74) is 1.28. The molecule has 1 aromatic heterocycles. The lowest BCUT2D eigenvalue weighted by Gasteiger charge is -2.23. The number of halogens is 1. The Labute approximate surface area is 118 Å². The number of aromatic nitrogens is 2. The fourth-order valence-corrected chi connectivity index (χ4v) is 4.19. The summed E-state index contributed by atoms with van der Waals surface area (Å²) >= 11 is 4.29. The number of hydrogen-bond acceptors (Lipinski definition) is 5. The fraction of sp³-hybridized carbons (Fsp3) is 0.636. The molecule has 1 unspecified atom stereocenters. The third-order valence-electron chi connectivity index (χ3n) is 3.00. The van der Waals surface area contributed by atoms with Gasteiger partial charge in [-0.2, -0.15) is 0 Å². The second kappa shape index (κ2) is 5.27. The molecular weight excluding hydrogens is 349 g/mol. The largest absolute Gasteiger partial charge is 0.381 e. The molecule has 3 rings (SSSR count). The van der Waals surface area contributed by atoms with Gasteiger partial charge in [-0.15, -0.1) is 0 Å². The van der Waals surface area contributed by atoms with Gasteiger partial charge >= 0.3 is 0 Å². The van der Waals surface area contributed by atoms with E-state index in [2.05, 4.69) is 37.9 Å². The predicted octanol–water partition coefficient (Wildman–Crippen LogP) is 2.48. The minimum Gasteiger partial charge on any atom is -0.381 e. The van der Waals surface area contributed by atoms with Crippen LogP contribution in [0, 0.1) is 0 Å². The number of ether oxygens (including phenoxy) is 1. The van der Waals surface area contributed by atoms with E-state index in [0.717, 1.165) is 43.5 Å². The van der Waals surface area contributed by atoms with Crippen LogP contribution in [-0.2, 0) is 11.2 Å². The quantitative estimate of drug-likeness (QED) is 0.497. The van der Waals surface area contributed by atoms with Gasteiger partial charge < -0.3 is 10.1 Å². The number of nitrogens with one attached hydrogen (secondary N) is 1. The molecule has 1 aromatic rings. The van der Waals surface area contributed by atoms with Crippen LogP contribution in [0.4, 0.5) is 5.95 Å². The van der Waals surface area contributed by atoms with E-state index in [0.29, 0.717) is 9.30 Å². The number of anilines is 1. The molecule has 0 amide bonds. The van der Waals surface area contributed by atoms with Crippen molar-refractivity contribution in [1.82, 2.24) is 9.97 Å². The Kier molecular flexibility index (Phi) is 3.72. The summed E-state index contributed by atoms with van der Waals surface area (Å²) in [7, 11) is 0. The van der Waals surface area contributed by atoms with Crippen LogP contribution in [0.2, 0.25) is 0 Å². The summed E-state index contributed by atoms with van der Waals surface area (Å²) in [5.74, 6) is 0.772. The number of rotatable bonds is 2. The first-order valence-corrected chi connectivity index (χ1v) is 7.95. The molecule has 0 spiro atoms. The van der Waals surface area contributed by atoms with Crippen LogP contribution in [0.25, 0.3) is 0 Å². The zero-order valence-corrected chi connectivity index (χ0v) is 12.3. The molecule has 2 aliphatic heterocycles. The van der Waals surface area contributed by atoms with Crippen molar-refractivity contribution in [2.24, 2.45) is 0 Å². The van der Waals surface area contributed by atoms with Crippen LogP contribution >= 0.6 is 34.4 Å². The molecule has 0 aromatic carbocycles. The Morgan fingerprint density at radius 2 is 2.24 bits per heavy atom. The molecule has 0 aliphatic carbocycles. The maximum absolute atomic E-state index is 5.34. The van der Waals surface area contributed by atoms with Crippen LogP contribution in [0.15, 0.2) is 11.2 Å². The molecular formula is C11H14IN3OS. The van der Waals surface area contributed by atoms with E-state index >= 15 is 0 Å². The SMILES string of the molecule is IC1Cc2cnc(NC3CCOCC3)nc2S1. The lowest BCUT2D eigenvalue weighted by molar-refractivity contribution is 0.0903. The van der Waals surface area contributed by atoms with Crippen LogP contribution < -0.4 is 5.32 Å². The van der Waals surface area contributed by atoms with Gasteiger partial charge in [-0.1, -0.05) is 34.4 Å². The molecule has 1 fully saturated rings. The number of hydrogen-bond donors (Lipinski definition) is 1. The minimum atomic E-state index is 0.462. The third-order valence-corrected chi connectivity index (χ3v) is 5.20. The van der Waals surface area contributed by atoms with Crippen molar-refractivity contribution >= 4 is 40.3 Å². The molecule has 1 atom stereocenters. The van der Waals surface area contributed by atoms with Gasteiger partial charge in [-0.05, 0) is 19.3 Å². The van der Waals surface area contributed by atoms with Gasteiger partial charge in [-0.25, -0.2) is 9.97 Å². The molecule has 0 radical (unpaired) electrons. The van der Waals surface area contributed by atoms with Crippen molar-refractivity contribution in [3.05, 3.63) is 11.8 Å². The fourth-order valence-electron chi connectivity index (χ4n) is 2.06. The zero-order valence-electron chi connectivity index (χ0n) is 9.36. The summed E-state index contributed by atoms with van der Waals surface area (Å²) in [6, 6.07) is 0.462. The average molecular weight is 363 g/mol. The smallest absolute Gasteiger partial charge is 0.223 e. The number of alkyl halides is 1. The van der Waals surface area contributed by atoms with Crippen LogP contribution in [-0.4, -0.2) is 32.5 Å². The van der Waals surface area contributed by atoms with E-state index in [9.17, 15) is 0 Å². The van der Waals surface area contributed by atoms with Gasteiger partial charge in [0, 0.05) is 31.0 Å². The molecule has 3 heterocycles. The summed E-state index contributed by atoms with van der Waals surface area (Å²) in [5, 5.41) is 4.55. The molecule has 2 aliphatic rings. The lowest BCUT2D eigenvalue weighted by atomic mass is 10.1. The first kappa shape index (κ1) is 12.0. The Morgan fingerprint density at radius 3 is 3.06 bits per heavy atom. The Morgan fingerprint density at radius 1 is 1.41 bits per heavy atom. The van der Waals surface area contributed by atoms with E-state index in [1.807, 2.05) is 18.0 Å². The molecule has 6 heteroatoms. The monoisotopic (exact) mass is 363 g/mol. The normalized spacial score (nSPS) is 24.6. The Balaban J connectivity index is 1.69. The Hall–Kier alpha value is -0.0800. The second-order valence-electron chi connectivity index (χ2n) is 4.29. The topological polar surface area (TPSA) is 47.0 Å². The van der Waals surface area contributed by atoms with Crippen LogP contribution in [0.1, 0.15) is 18.4 Å². The molecule has 1 N–H and O–H groups in total. The first-order chi connectivity index (χ1) is 8.31. The van der Waals surface area contributed by atoms with Gasteiger partial charge in [-0.3, -0.25) is 0 Å². The van der Waals surface area contributed by atoms with Gasteiger partial charge in [0.2, 0.25) is 5.95 Å². The van der Waals surface area contributed by atoms with E-state index in [-0.39, 0.29) is 0 Å². The lowest BCUT2D eigenvalue weighted by Crippen LogP contribution is -2.28. The maximum atomic E-state index is 5.34. The van der Waals surface area contributed by atoms with Gasteiger partial charge in [0.05, 0.1) is 3.26 Å². The highest BCUT2D eigenvalue weighted by Crippen LogP contribution is 2.38. The second-order valence-corrected chi connectivity index (χ2v) is 7.83. The highest BCUT2D eigenvalue weighted by atomic mass is 127. The van der Waals surface area contributed by atoms with Crippen molar-refractivity contribution in [1.29, 1.82) is 0 Å². The summed E-state index contributed by atoms with van der Waals surface area (Å²) < 4.78 is 5.95. The molecule has 4 nitrogen and oxygen atoms in total. The number of nitrogens with zero attached hydrogens (tertiary/aromatic N) is 2. The van der Waals surface area contributed by atoms with Crippen molar-refractivity contribution in [3.63, 3.8) is 0 Å². The number of thioether (sulfide) groups is 1. The van der Waals surface area contributed by atoms with E-state index in [4.69, 9.17) is 4.74 Å². The first-order valence-electron chi connectivity index (χ1n) is 5.82. The van der Waals surface area contributed by atoms with E-state index < -0.39 is 0 Å². The van der Waals surface area contributed by atoms with Gasteiger partial charge in [0.25, 0.3) is 0 Å². The molecule has 1 saturated heterocycles. The van der Waals surface area contributed by atoms with Crippen LogP contribution in [0.5, 0.6) is 0 Å². The summed E-state index contributed by atoms with van der Waals surface area (Å²) in [6.07, 6.45) is 5.14. The zero-order chi connectivity index (χ0) is 11.7. The predicted molar refractivity (Wildman–Crippen MR) is 76.9 cm³/mol. The molecule has 0 saturated carbocycles. The molecule has 92 valence electrons. The summed E-state index contributed by atoms with van der Waals surface area (Å²) in [6.45, 7) is 1.68. The third kappa shape index (κ3) is 2.85. The van der Waals surface area contributed by atoms with E-state index in [1.54, 1.807) is 0 Å². The standard InChI is InChI=1S/C11H14IN3OS/c12-9-5-7-6-13-11(15-10(7)17-9)14-8-1-3-16-4-2-8/h6,8-9H,1-5H2,(H,13,14,15). The summed E-state index contributed by atoms with van der Waals surface area (Å²) in [4.78, 5) is 8.99. The van der Waals surface area contributed by atoms with Crippen molar-refractivity contribution in [3.8, 4) is 0 Å². The Bertz CT molecular complexity index is 412. The van der Waals surface area contributed by atoms with E-state index in [1.165, 1.54) is 5.56 Å². The van der Waals surface area contributed by atoms with Gasteiger partial charge in [0.15, 0.2) is 0 Å². The minimum absolute atomic E-state index is 0.462. The van der Waals surface area contributed by atoms with Crippen molar-refractivity contribution in [2.75, 3.05) is 18.5 Å². The van der Waals surface area contributed by atoms with Crippen molar-refractivity contribution in [2.45, 2.75) is 33.6 Å². The van der Waals surface area contributed by atoms with Crippen molar-refractivity contribution < 1.29 is 4.74 Å². The molecule has 0 bridgehead atoms. The maximum Gasteiger partial charge on any atom is 0.223 e. The highest BCUT2D eigenvalue weighted by molar-refractivity contribution is 14.1. The molecule has 17 heavy (non-hydrogen) atoms. The highest BCUT2D eigenvalue weighted by Gasteiger charge is 2.22. The number of fused-ring (bicyclic) bond motifs is 1. The average Bonchev–Trinajstić information content (AvgIpc) is 2.70. The van der Waals surface area contributed by atoms with Crippen LogP contribution in [0.3, 0.4) is 0 Å². The van der Waals surface area contributed by atoms with Gasteiger partial charge in [0.1, 0.15) is 5.03 Å².